The molecule has 0 aromatic heterocycles. The van der Waals surface area contributed by atoms with E-state index in [1.165, 1.54) is 0 Å². The highest BCUT2D eigenvalue weighted by Gasteiger charge is 2.49. The third-order valence-electron chi connectivity index (χ3n) is 4.29. The van der Waals surface area contributed by atoms with E-state index in [2.05, 4.69) is 33.8 Å². The number of rotatable bonds is 2. The van der Waals surface area contributed by atoms with Gasteiger partial charge in [0.2, 0.25) is 5.91 Å². The lowest BCUT2D eigenvalue weighted by atomic mass is 9.86. The average molecular weight is 257 g/mol. The van der Waals surface area contributed by atoms with E-state index in [1.54, 1.807) is 0 Å². The molecule has 2 heterocycles. The van der Waals surface area contributed by atoms with Gasteiger partial charge in [0.25, 0.3) is 0 Å². The largest absolute Gasteiger partial charge is 0.378 e. The van der Waals surface area contributed by atoms with Crippen LogP contribution in [0.2, 0.25) is 0 Å². The van der Waals surface area contributed by atoms with Crippen molar-refractivity contribution in [2.45, 2.75) is 18.4 Å². The molecular formula is C15H19N3O. The van der Waals surface area contributed by atoms with Crippen LogP contribution in [0.25, 0.3) is 0 Å². The molecule has 19 heavy (non-hydrogen) atoms. The highest BCUT2D eigenvalue weighted by atomic mass is 16.2. The fraction of sp³-hybridized carbons (Fsp3) is 0.400. The highest BCUT2D eigenvalue weighted by Crippen LogP contribution is 2.35. The first-order chi connectivity index (χ1) is 9.26. The van der Waals surface area contributed by atoms with Gasteiger partial charge in [-0.3, -0.25) is 4.79 Å². The van der Waals surface area contributed by atoms with Crippen molar-refractivity contribution in [1.82, 2.24) is 10.2 Å². The molecule has 2 saturated heterocycles. The van der Waals surface area contributed by atoms with Crippen LogP contribution in [0, 0.1) is 0 Å². The molecule has 0 saturated carbocycles. The maximum absolute atomic E-state index is 12.3. The monoisotopic (exact) mass is 257 g/mol. The minimum Gasteiger partial charge on any atom is -0.378 e. The predicted molar refractivity (Wildman–Crippen MR) is 75.7 cm³/mol. The van der Waals surface area contributed by atoms with E-state index in [1.807, 2.05) is 24.4 Å². The van der Waals surface area contributed by atoms with Crippen molar-refractivity contribution in [3.8, 4) is 0 Å². The Bertz CT molecular complexity index is 477. The van der Waals surface area contributed by atoms with Crippen molar-refractivity contribution >= 4 is 11.6 Å². The fourth-order valence-corrected chi connectivity index (χ4v) is 3.11. The van der Waals surface area contributed by atoms with Gasteiger partial charge in [0, 0.05) is 18.8 Å². The zero-order chi connectivity index (χ0) is 13.3. The maximum Gasteiger partial charge on any atom is 0.247 e. The molecule has 0 atom stereocenters. The van der Waals surface area contributed by atoms with Crippen LogP contribution in [0.3, 0.4) is 0 Å². The SMILES string of the molecule is C=CN1CCC2(CC1)C(=O)NCN2c1ccccc1. The van der Waals surface area contributed by atoms with E-state index < -0.39 is 0 Å². The summed E-state index contributed by atoms with van der Waals surface area (Å²) >= 11 is 0. The molecule has 3 rings (SSSR count). The molecule has 0 aliphatic carbocycles. The number of benzene rings is 1. The molecule has 0 radical (unpaired) electrons. The number of likely N-dealkylation sites (tertiary alicyclic amines) is 1. The summed E-state index contributed by atoms with van der Waals surface area (Å²) in [6.07, 6.45) is 3.56. The van der Waals surface area contributed by atoms with Gasteiger partial charge in [-0.05, 0) is 31.2 Å². The van der Waals surface area contributed by atoms with Crippen LogP contribution in [-0.4, -0.2) is 36.1 Å². The van der Waals surface area contributed by atoms with E-state index in [4.69, 9.17) is 0 Å². The third-order valence-corrected chi connectivity index (χ3v) is 4.29. The molecule has 4 nitrogen and oxygen atoms in total. The number of anilines is 1. The Hall–Kier alpha value is -1.97. The smallest absolute Gasteiger partial charge is 0.247 e. The lowest BCUT2D eigenvalue weighted by Gasteiger charge is -2.43. The van der Waals surface area contributed by atoms with Crippen LogP contribution < -0.4 is 10.2 Å². The Morgan fingerprint density at radius 1 is 1.21 bits per heavy atom. The van der Waals surface area contributed by atoms with Crippen molar-refractivity contribution in [2.24, 2.45) is 0 Å². The van der Waals surface area contributed by atoms with Crippen molar-refractivity contribution in [1.29, 1.82) is 0 Å². The van der Waals surface area contributed by atoms with Crippen LogP contribution in [0.4, 0.5) is 5.69 Å². The van der Waals surface area contributed by atoms with Crippen LogP contribution in [0.15, 0.2) is 43.1 Å². The minimum atomic E-state index is -0.374. The summed E-state index contributed by atoms with van der Waals surface area (Å²) in [5, 5.41) is 3.00. The van der Waals surface area contributed by atoms with E-state index >= 15 is 0 Å². The van der Waals surface area contributed by atoms with Gasteiger partial charge in [-0.1, -0.05) is 24.8 Å². The number of amides is 1. The van der Waals surface area contributed by atoms with Crippen LogP contribution in [0.1, 0.15) is 12.8 Å². The Balaban J connectivity index is 1.89. The molecule has 2 aliphatic rings. The van der Waals surface area contributed by atoms with Gasteiger partial charge < -0.3 is 15.1 Å². The fourth-order valence-electron chi connectivity index (χ4n) is 3.11. The second-order valence-electron chi connectivity index (χ2n) is 5.18. The average Bonchev–Trinajstić information content (AvgIpc) is 2.78. The van der Waals surface area contributed by atoms with Gasteiger partial charge in [-0.25, -0.2) is 0 Å². The molecule has 1 amide bonds. The van der Waals surface area contributed by atoms with Crippen LogP contribution >= 0.6 is 0 Å². The molecule has 2 aliphatic heterocycles. The van der Waals surface area contributed by atoms with Crippen molar-refractivity contribution in [2.75, 3.05) is 24.7 Å². The number of hydrogen-bond acceptors (Lipinski definition) is 3. The first-order valence-electron chi connectivity index (χ1n) is 6.74. The van der Waals surface area contributed by atoms with Crippen molar-refractivity contribution < 1.29 is 4.79 Å². The van der Waals surface area contributed by atoms with Gasteiger partial charge in [0.05, 0.1) is 6.67 Å². The number of nitrogens with one attached hydrogen (secondary N) is 1. The van der Waals surface area contributed by atoms with E-state index in [0.29, 0.717) is 6.67 Å². The summed E-state index contributed by atoms with van der Waals surface area (Å²) in [5.41, 5.74) is 0.744. The third kappa shape index (κ3) is 1.87. The lowest BCUT2D eigenvalue weighted by Crippen LogP contribution is -2.55. The van der Waals surface area contributed by atoms with Crippen molar-refractivity contribution in [3.63, 3.8) is 0 Å². The topological polar surface area (TPSA) is 35.6 Å². The standard InChI is InChI=1S/C15H19N3O/c1-2-17-10-8-15(9-11-17)14(19)16-12-18(15)13-6-4-3-5-7-13/h2-7H,1,8-12H2,(H,16,19). The quantitative estimate of drug-likeness (QED) is 0.873. The molecule has 1 aromatic carbocycles. The summed E-state index contributed by atoms with van der Waals surface area (Å²) in [5.74, 6) is 0.167. The van der Waals surface area contributed by atoms with E-state index in [9.17, 15) is 4.79 Å². The molecule has 1 N–H and O–H groups in total. The normalized spacial score (nSPS) is 21.6. The highest BCUT2D eigenvalue weighted by molar-refractivity contribution is 5.93. The summed E-state index contributed by atoms with van der Waals surface area (Å²) in [4.78, 5) is 16.7. The summed E-state index contributed by atoms with van der Waals surface area (Å²) in [6.45, 7) is 6.19. The molecule has 2 fully saturated rings. The Kier molecular flexibility index (Phi) is 2.93. The Morgan fingerprint density at radius 3 is 2.53 bits per heavy atom. The summed E-state index contributed by atoms with van der Waals surface area (Å²) in [7, 11) is 0. The van der Waals surface area contributed by atoms with Gasteiger partial charge in [-0.2, -0.15) is 0 Å². The second kappa shape index (κ2) is 4.61. The molecule has 4 heteroatoms. The van der Waals surface area contributed by atoms with Gasteiger partial charge in [-0.15, -0.1) is 0 Å². The number of nitrogens with zero attached hydrogens (tertiary/aromatic N) is 2. The van der Waals surface area contributed by atoms with E-state index in [0.717, 1.165) is 31.6 Å². The molecule has 0 unspecified atom stereocenters. The zero-order valence-electron chi connectivity index (χ0n) is 11.0. The Morgan fingerprint density at radius 2 is 1.89 bits per heavy atom. The first-order valence-corrected chi connectivity index (χ1v) is 6.74. The minimum absolute atomic E-state index is 0.167. The molecule has 100 valence electrons. The number of carbonyl (C=O) groups is 1. The number of hydrogen-bond donors (Lipinski definition) is 1. The van der Waals surface area contributed by atoms with Crippen LogP contribution in [-0.2, 0) is 4.79 Å². The molecule has 1 aromatic rings. The van der Waals surface area contributed by atoms with Gasteiger partial charge >= 0.3 is 0 Å². The van der Waals surface area contributed by atoms with E-state index in [-0.39, 0.29) is 11.4 Å². The zero-order valence-corrected chi connectivity index (χ0v) is 11.0. The number of piperidine rings is 1. The van der Waals surface area contributed by atoms with Gasteiger partial charge in [0.1, 0.15) is 5.54 Å². The van der Waals surface area contributed by atoms with Crippen LogP contribution in [0.5, 0.6) is 0 Å². The molecular weight excluding hydrogens is 238 g/mol. The predicted octanol–water partition coefficient (Wildman–Crippen LogP) is 1.56. The molecule has 1 spiro atoms. The lowest BCUT2D eigenvalue weighted by molar-refractivity contribution is -0.124. The summed E-state index contributed by atoms with van der Waals surface area (Å²) in [6, 6.07) is 10.2. The Labute approximate surface area is 113 Å². The second-order valence-corrected chi connectivity index (χ2v) is 5.18. The first kappa shape index (κ1) is 12.1. The van der Waals surface area contributed by atoms with Crippen molar-refractivity contribution in [3.05, 3.63) is 43.1 Å². The number of carbonyl (C=O) groups excluding carboxylic acids is 1. The maximum atomic E-state index is 12.3. The summed E-state index contributed by atoms with van der Waals surface area (Å²) < 4.78 is 0. The number of para-hydroxylation sites is 1. The van der Waals surface area contributed by atoms with Gasteiger partial charge in [0.15, 0.2) is 0 Å². The molecule has 0 bridgehead atoms.